The first-order chi connectivity index (χ1) is 4.84. The topological polar surface area (TPSA) is 12.4 Å². The van der Waals surface area contributed by atoms with Gasteiger partial charge < -0.3 is 0 Å². The van der Waals surface area contributed by atoms with E-state index in [0.29, 0.717) is 0 Å². The fourth-order valence-corrected chi connectivity index (χ4v) is 0.735. The second kappa shape index (κ2) is 2.97. The molecule has 1 heteroatoms. The maximum Gasteiger partial charge on any atom is 0.0695 e. The second-order valence-electron chi connectivity index (χ2n) is 1.94. The zero-order valence-electron chi connectivity index (χ0n) is 5.75. The molecule has 1 rings (SSSR count). The van der Waals surface area contributed by atoms with Crippen LogP contribution in [-0.4, -0.2) is 5.71 Å². The molecule has 0 aromatic heterocycles. The number of hydrogen-bond donors (Lipinski definition) is 0. The lowest BCUT2D eigenvalue weighted by molar-refractivity contribution is 1.56. The molecule has 50 valence electrons. The van der Waals surface area contributed by atoms with Gasteiger partial charge in [0.05, 0.1) is 5.71 Å². The van der Waals surface area contributed by atoms with E-state index in [1.165, 1.54) is 6.20 Å². The van der Waals surface area contributed by atoms with E-state index in [9.17, 15) is 0 Å². The highest BCUT2D eigenvalue weighted by Gasteiger charge is 1.97. The number of aliphatic imine (C=N–C) groups is 1. The molecule has 1 nitrogen and oxygen atoms in total. The molecule has 0 fully saturated rings. The van der Waals surface area contributed by atoms with Crippen LogP contribution < -0.4 is 0 Å². The van der Waals surface area contributed by atoms with Crippen LogP contribution in [0.2, 0.25) is 0 Å². The summed E-state index contributed by atoms with van der Waals surface area (Å²) in [5.41, 5.74) is 1.82. The molecular formula is C9H9N. The van der Waals surface area contributed by atoms with Gasteiger partial charge in [0.25, 0.3) is 0 Å². The summed E-state index contributed by atoms with van der Waals surface area (Å²) >= 11 is 0. The fourth-order valence-electron chi connectivity index (χ4n) is 0.735. The van der Waals surface area contributed by atoms with Crippen molar-refractivity contribution in [3.05, 3.63) is 49.2 Å². The number of hydrogen-bond acceptors (Lipinski definition) is 1. The van der Waals surface area contributed by atoms with Crippen molar-refractivity contribution in [2.24, 2.45) is 4.99 Å². The molecule has 1 aliphatic carbocycles. The zero-order chi connectivity index (χ0) is 7.40. The van der Waals surface area contributed by atoms with Gasteiger partial charge in [-0.1, -0.05) is 31.4 Å². The van der Waals surface area contributed by atoms with Crippen LogP contribution in [0, 0.1) is 0 Å². The molecule has 0 N–H and O–H groups in total. The van der Waals surface area contributed by atoms with Gasteiger partial charge in [0, 0.05) is 6.20 Å². The van der Waals surface area contributed by atoms with E-state index in [4.69, 9.17) is 0 Å². The van der Waals surface area contributed by atoms with Gasteiger partial charge >= 0.3 is 0 Å². The zero-order valence-corrected chi connectivity index (χ0v) is 5.75. The average molecular weight is 131 g/mol. The van der Waals surface area contributed by atoms with Crippen molar-refractivity contribution in [2.45, 2.75) is 0 Å². The Balaban J connectivity index is 2.90. The molecule has 0 saturated heterocycles. The highest BCUT2D eigenvalue weighted by Crippen LogP contribution is 2.05. The summed E-state index contributed by atoms with van der Waals surface area (Å²) in [4.78, 5) is 4.01. The van der Waals surface area contributed by atoms with Crippen LogP contribution in [0.1, 0.15) is 0 Å². The van der Waals surface area contributed by atoms with Gasteiger partial charge in [0.1, 0.15) is 0 Å². The Bertz CT molecular complexity index is 241. The van der Waals surface area contributed by atoms with Crippen LogP contribution in [0.3, 0.4) is 0 Å². The average Bonchev–Trinajstić information content (AvgIpc) is 1.94. The van der Waals surface area contributed by atoms with Crippen molar-refractivity contribution in [1.29, 1.82) is 0 Å². The maximum atomic E-state index is 4.01. The molecule has 0 unspecified atom stereocenters. The molecule has 0 bridgehead atoms. The molecule has 1 aliphatic rings. The molecule has 0 aromatic carbocycles. The number of nitrogens with zero attached hydrogens (tertiary/aromatic N) is 1. The van der Waals surface area contributed by atoms with Crippen molar-refractivity contribution < 1.29 is 0 Å². The van der Waals surface area contributed by atoms with Gasteiger partial charge in [-0.05, 0) is 11.6 Å². The summed E-state index contributed by atoms with van der Waals surface area (Å²) in [6.45, 7) is 7.30. The van der Waals surface area contributed by atoms with Gasteiger partial charge in [0.15, 0.2) is 0 Å². The van der Waals surface area contributed by atoms with Gasteiger partial charge in [0.2, 0.25) is 0 Å². The van der Waals surface area contributed by atoms with Gasteiger partial charge in [-0.25, -0.2) is 0 Å². The first-order valence-corrected chi connectivity index (χ1v) is 3.07. The van der Waals surface area contributed by atoms with Crippen molar-refractivity contribution >= 4 is 5.71 Å². The third-order valence-corrected chi connectivity index (χ3v) is 1.22. The largest absolute Gasteiger partial charge is 0.257 e. The van der Waals surface area contributed by atoms with E-state index in [-0.39, 0.29) is 0 Å². The van der Waals surface area contributed by atoms with Crippen LogP contribution in [0.4, 0.5) is 0 Å². The Kier molecular flexibility index (Phi) is 2.00. The van der Waals surface area contributed by atoms with E-state index in [2.05, 4.69) is 18.2 Å². The summed E-state index contributed by atoms with van der Waals surface area (Å²) in [5, 5.41) is 0. The van der Waals surface area contributed by atoms with Gasteiger partial charge in [-0.15, -0.1) is 0 Å². The first-order valence-electron chi connectivity index (χ1n) is 3.07. The lowest BCUT2D eigenvalue weighted by Crippen LogP contribution is -1.96. The molecule has 0 aliphatic heterocycles. The normalized spacial score (nSPS) is 20.0. The lowest BCUT2D eigenvalue weighted by atomic mass is 10.1. The molecule has 0 amide bonds. The van der Waals surface area contributed by atoms with Crippen molar-refractivity contribution in [3.63, 3.8) is 0 Å². The molecule has 0 aromatic rings. The summed E-state index contributed by atoms with van der Waals surface area (Å²) < 4.78 is 0. The first kappa shape index (κ1) is 6.75. The summed E-state index contributed by atoms with van der Waals surface area (Å²) in [5.74, 6) is 0. The highest BCUT2D eigenvalue weighted by atomic mass is 14.7. The highest BCUT2D eigenvalue weighted by molar-refractivity contribution is 6.11. The Morgan fingerprint density at radius 1 is 1.30 bits per heavy atom. The molecule has 0 atom stereocenters. The van der Waals surface area contributed by atoms with Crippen LogP contribution in [-0.2, 0) is 0 Å². The van der Waals surface area contributed by atoms with Crippen molar-refractivity contribution in [2.75, 3.05) is 0 Å². The monoisotopic (exact) mass is 131 g/mol. The third-order valence-electron chi connectivity index (χ3n) is 1.22. The molecular weight excluding hydrogens is 122 g/mol. The fraction of sp³-hybridized carbons (Fsp3) is 0. The predicted molar refractivity (Wildman–Crippen MR) is 45.1 cm³/mol. The smallest absolute Gasteiger partial charge is 0.0695 e. The van der Waals surface area contributed by atoms with Crippen LogP contribution in [0.25, 0.3) is 0 Å². The predicted octanol–water partition coefficient (Wildman–Crippen LogP) is 2.25. The molecule has 0 heterocycles. The van der Waals surface area contributed by atoms with E-state index in [1.807, 2.05) is 24.3 Å². The Labute approximate surface area is 60.8 Å². The van der Waals surface area contributed by atoms with Crippen LogP contribution >= 0.6 is 0 Å². The standard InChI is InChI=1S/C9H9N/c1-3-10-9-7-5-4-6-8(9)2/h3-7H,1-2H2/b10-9-. The molecule has 10 heavy (non-hydrogen) atoms. The molecule has 0 spiro atoms. The number of allylic oxidation sites excluding steroid dienone is 5. The Hall–Kier alpha value is -1.37. The Morgan fingerprint density at radius 2 is 2.00 bits per heavy atom. The minimum Gasteiger partial charge on any atom is -0.257 e. The quantitative estimate of drug-likeness (QED) is 0.517. The Morgan fingerprint density at radius 3 is 2.60 bits per heavy atom. The number of rotatable bonds is 1. The van der Waals surface area contributed by atoms with E-state index >= 15 is 0 Å². The SMILES string of the molecule is C=C/N=C1/C=CC=CC1=C. The second-order valence-corrected chi connectivity index (χ2v) is 1.94. The summed E-state index contributed by atoms with van der Waals surface area (Å²) in [6.07, 6.45) is 9.21. The molecule has 0 radical (unpaired) electrons. The van der Waals surface area contributed by atoms with Crippen molar-refractivity contribution in [1.82, 2.24) is 0 Å². The lowest BCUT2D eigenvalue weighted by Gasteiger charge is -2.01. The van der Waals surface area contributed by atoms with Crippen LogP contribution in [0.15, 0.2) is 54.2 Å². The summed E-state index contributed by atoms with van der Waals surface area (Å²) in [6, 6.07) is 0. The third kappa shape index (κ3) is 1.32. The minimum atomic E-state index is 0.887. The van der Waals surface area contributed by atoms with E-state index in [0.717, 1.165) is 11.3 Å². The molecule has 0 saturated carbocycles. The van der Waals surface area contributed by atoms with E-state index in [1.54, 1.807) is 0 Å². The maximum absolute atomic E-state index is 4.01. The van der Waals surface area contributed by atoms with Gasteiger partial charge in [-0.3, -0.25) is 4.99 Å². The van der Waals surface area contributed by atoms with Gasteiger partial charge in [-0.2, -0.15) is 0 Å². The summed E-state index contributed by atoms with van der Waals surface area (Å²) in [7, 11) is 0. The van der Waals surface area contributed by atoms with Crippen LogP contribution in [0.5, 0.6) is 0 Å². The van der Waals surface area contributed by atoms with Crippen molar-refractivity contribution in [3.8, 4) is 0 Å². The minimum absolute atomic E-state index is 0.887. The van der Waals surface area contributed by atoms with E-state index < -0.39 is 0 Å².